The monoisotopic (exact) mass is 502 g/mol. The quantitative estimate of drug-likeness (QED) is 0.0719. The van der Waals surface area contributed by atoms with Gasteiger partial charge in [0.1, 0.15) is 11.9 Å². The van der Waals surface area contributed by atoms with Crippen molar-refractivity contribution in [2.24, 2.45) is 0 Å². The molecule has 0 radical (unpaired) electrons. The van der Waals surface area contributed by atoms with Gasteiger partial charge in [-0.3, -0.25) is 4.79 Å². The van der Waals surface area contributed by atoms with Crippen LogP contribution < -0.4 is 0 Å². The molecular formula is C22H47O10P. The molecule has 0 saturated heterocycles. The van der Waals surface area contributed by atoms with Crippen LogP contribution in [0, 0.1) is 0 Å². The van der Waals surface area contributed by atoms with Crippen molar-refractivity contribution >= 4 is 14.6 Å². The Kier molecular flexibility index (Phi) is 24.6. The van der Waals surface area contributed by atoms with Gasteiger partial charge in [-0.05, 0) is 26.7 Å². The summed E-state index contributed by atoms with van der Waals surface area (Å²) in [4.78, 5) is 11.8. The normalized spacial score (nSPS) is 17.0. The fraction of sp³-hybridized carbons (Fsp3) is 0.955. The Balaban J connectivity index is 0. The van der Waals surface area contributed by atoms with E-state index in [2.05, 4.69) is 0 Å². The summed E-state index contributed by atoms with van der Waals surface area (Å²) in [5.74, 6) is -1.43. The van der Waals surface area contributed by atoms with Crippen LogP contribution in [0.2, 0.25) is 0 Å². The van der Waals surface area contributed by atoms with Gasteiger partial charge in [0.05, 0.1) is 25.2 Å². The molecule has 0 bridgehead atoms. The third kappa shape index (κ3) is 19.6. The van der Waals surface area contributed by atoms with Crippen LogP contribution in [0.15, 0.2) is 0 Å². The Morgan fingerprint density at radius 1 is 0.970 bits per heavy atom. The molecular weight excluding hydrogens is 455 g/mol. The predicted molar refractivity (Wildman–Crippen MR) is 127 cm³/mol. The lowest BCUT2D eigenvalue weighted by Crippen LogP contribution is -2.34. The predicted octanol–water partition coefficient (Wildman–Crippen LogP) is 1.69. The van der Waals surface area contributed by atoms with Crippen molar-refractivity contribution in [1.29, 1.82) is 0 Å². The molecule has 5 N–H and O–H groups in total. The number of carbonyl (C=O) groups excluding carboxylic acids is 1. The lowest BCUT2D eigenvalue weighted by Gasteiger charge is -2.24. The Labute approximate surface area is 200 Å². The van der Waals surface area contributed by atoms with Crippen molar-refractivity contribution in [3.8, 4) is 0 Å². The molecule has 0 aromatic heterocycles. The van der Waals surface area contributed by atoms with E-state index in [1.165, 1.54) is 14.0 Å². The van der Waals surface area contributed by atoms with Crippen LogP contribution in [0.1, 0.15) is 72.6 Å². The van der Waals surface area contributed by atoms with Crippen LogP contribution in [-0.2, 0) is 23.7 Å². The number of carbonyl (C=O) groups is 1. The number of unbranched alkanes of at least 4 members (excludes halogenated alkanes) is 4. The van der Waals surface area contributed by atoms with Gasteiger partial charge in [-0.25, -0.2) is 0 Å². The van der Waals surface area contributed by atoms with Crippen LogP contribution >= 0.6 is 8.58 Å². The topological polar surface area (TPSA) is 155 Å². The fourth-order valence-electron chi connectivity index (χ4n) is 2.70. The first-order chi connectivity index (χ1) is 15.7. The van der Waals surface area contributed by atoms with E-state index in [0.29, 0.717) is 13.0 Å². The number of hydrogen-bond acceptors (Lipinski definition) is 10. The van der Waals surface area contributed by atoms with Crippen molar-refractivity contribution < 1.29 is 49.3 Å². The highest BCUT2D eigenvalue weighted by Crippen LogP contribution is 2.21. The molecule has 7 atom stereocenters. The highest BCUT2D eigenvalue weighted by Gasteiger charge is 2.23. The maximum absolute atomic E-state index is 11.8. The second-order valence-corrected chi connectivity index (χ2v) is 8.62. The molecule has 0 aliphatic rings. The number of aliphatic hydroxyl groups is 5. The smallest absolute Gasteiger partial charge is 0.308 e. The number of aliphatic hydroxyl groups excluding tert-OH is 5. The van der Waals surface area contributed by atoms with Gasteiger partial charge in [-0.15, -0.1) is 0 Å². The number of esters is 1. The summed E-state index contributed by atoms with van der Waals surface area (Å²) in [7, 11) is 1.31. The second kappa shape index (κ2) is 23.3. The van der Waals surface area contributed by atoms with Gasteiger partial charge in [0.25, 0.3) is 0 Å². The van der Waals surface area contributed by atoms with Crippen molar-refractivity contribution in [1.82, 2.24) is 0 Å². The maximum atomic E-state index is 11.8. The first kappa shape index (κ1) is 34.7. The van der Waals surface area contributed by atoms with Crippen molar-refractivity contribution in [3.63, 3.8) is 0 Å². The first-order valence-corrected chi connectivity index (χ1v) is 13.0. The summed E-state index contributed by atoms with van der Waals surface area (Å²) >= 11 is 0. The van der Waals surface area contributed by atoms with Crippen LogP contribution in [0.4, 0.5) is 0 Å². The maximum Gasteiger partial charge on any atom is 0.308 e. The van der Waals surface area contributed by atoms with E-state index in [1.807, 2.05) is 13.8 Å². The minimum Gasteiger partial charge on any atom is -0.436 e. The molecule has 0 saturated carbocycles. The van der Waals surface area contributed by atoms with Crippen LogP contribution in [0.5, 0.6) is 0 Å². The zero-order valence-electron chi connectivity index (χ0n) is 20.8. The Morgan fingerprint density at radius 3 is 2.15 bits per heavy atom. The molecule has 0 spiro atoms. The van der Waals surface area contributed by atoms with E-state index >= 15 is 0 Å². The van der Waals surface area contributed by atoms with Crippen molar-refractivity contribution in [2.45, 2.75) is 109 Å². The highest BCUT2D eigenvalue weighted by atomic mass is 31.1. The standard InChI is InChI=1S/C20H41O10P.C2H6/c1-14(27-3)16(23)11-19(25)28-10-8-6-4-5-7-9-18(24)30-15(2)29-17(12-21)20(26)31-13-22;1-2/h14-17,19-23,25-26,31H,4-13H2,1-3H3;1-2H3/t14?,15?,16?,17?,19-,20?;/m1./s1. The minimum absolute atomic E-state index is 0.0963. The highest BCUT2D eigenvalue weighted by molar-refractivity contribution is 7.38. The second-order valence-electron chi connectivity index (χ2n) is 7.31. The SMILES string of the molecule is CC.COC(C)C(O)C[C@H](O)OCCCCCCCC(=O)OC(C)OC(CO)C(O)PCO. The van der Waals surface area contributed by atoms with Crippen molar-refractivity contribution in [3.05, 3.63) is 0 Å². The molecule has 0 fully saturated rings. The molecule has 0 amide bonds. The number of methoxy groups -OCH3 is 1. The van der Waals surface area contributed by atoms with Gasteiger partial charge in [0, 0.05) is 26.6 Å². The van der Waals surface area contributed by atoms with Gasteiger partial charge >= 0.3 is 5.97 Å². The average molecular weight is 503 g/mol. The van der Waals surface area contributed by atoms with Crippen LogP contribution in [0.3, 0.4) is 0 Å². The van der Waals surface area contributed by atoms with E-state index < -0.39 is 43.2 Å². The summed E-state index contributed by atoms with van der Waals surface area (Å²) in [6.45, 7) is 7.18. The van der Waals surface area contributed by atoms with E-state index in [-0.39, 0.29) is 33.9 Å². The lowest BCUT2D eigenvalue weighted by atomic mass is 10.1. The molecule has 0 aromatic rings. The average Bonchev–Trinajstić information content (AvgIpc) is 2.79. The molecule has 0 aliphatic carbocycles. The fourth-order valence-corrected chi connectivity index (χ4v) is 3.34. The summed E-state index contributed by atoms with van der Waals surface area (Å²) in [5, 5.41) is 47.3. The molecule has 6 unspecified atom stereocenters. The molecule has 0 heterocycles. The number of ether oxygens (including phenoxy) is 4. The molecule has 10 nitrogen and oxygen atoms in total. The van der Waals surface area contributed by atoms with Gasteiger partial charge in [-0.1, -0.05) is 41.7 Å². The minimum atomic E-state index is -1.03. The van der Waals surface area contributed by atoms with Gasteiger partial charge < -0.3 is 44.5 Å². The van der Waals surface area contributed by atoms with Gasteiger partial charge in [0.15, 0.2) is 6.29 Å². The van der Waals surface area contributed by atoms with Gasteiger partial charge in [-0.2, -0.15) is 0 Å². The first-order valence-electron chi connectivity index (χ1n) is 11.7. The zero-order chi connectivity index (χ0) is 25.6. The summed E-state index contributed by atoms with van der Waals surface area (Å²) in [6, 6.07) is 0. The Bertz CT molecular complexity index is 443. The molecule has 0 aromatic carbocycles. The Morgan fingerprint density at radius 2 is 1.58 bits per heavy atom. The molecule has 11 heteroatoms. The number of hydrogen-bond donors (Lipinski definition) is 5. The van der Waals surface area contributed by atoms with Gasteiger partial charge in [0.2, 0.25) is 6.29 Å². The third-order valence-corrected chi connectivity index (χ3v) is 5.66. The largest absolute Gasteiger partial charge is 0.436 e. The molecule has 0 aliphatic heterocycles. The van der Waals surface area contributed by atoms with E-state index in [4.69, 9.17) is 24.1 Å². The molecule has 0 rings (SSSR count). The number of rotatable bonds is 20. The molecule has 33 heavy (non-hydrogen) atoms. The van der Waals surface area contributed by atoms with E-state index in [0.717, 1.165) is 25.7 Å². The summed E-state index contributed by atoms with van der Waals surface area (Å²) in [6.07, 6.45) is 0.189. The van der Waals surface area contributed by atoms with Crippen LogP contribution in [0.25, 0.3) is 0 Å². The van der Waals surface area contributed by atoms with E-state index in [9.17, 15) is 25.2 Å². The zero-order valence-corrected chi connectivity index (χ0v) is 21.8. The summed E-state index contributed by atoms with van der Waals surface area (Å²) < 4.78 is 20.7. The van der Waals surface area contributed by atoms with Crippen LogP contribution in [-0.4, -0.2) is 94.9 Å². The van der Waals surface area contributed by atoms with Crippen molar-refractivity contribution in [2.75, 3.05) is 26.7 Å². The lowest BCUT2D eigenvalue weighted by molar-refractivity contribution is -0.194. The third-order valence-electron chi connectivity index (χ3n) is 4.69. The molecule has 200 valence electrons. The summed E-state index contributed by atoms with van der Waals surface area (Å²) in [5.41, 5.74) is 0. The Hall–Kier alpha value is -0.420. The van der Waals surface area contributed by atoms with E-state index in [1.54, 1.807) is 6.92 Å².